The summed E-state index contributed by atoms with van der Waals surface area (Å²) in [6, 6.07) is 5.10. The van der Waals surface area contributed by atoms with E-state index in [4.69, 9.17) is 0 Å². The van der Waals surface area contributed by atoms with Gasteiger partial charge in [-0.25, -0.2) is 8.42 Å². The number of alkyl halides is 2. The van der Waals surface area contributed by atoms with E-state index in [0.29, 0.717) is 6.42 Å². The molecule has 1 rings (SSSR count). The zero-order valence-corrected chi connectivity index (χ0v) is 12.2. The summed E-state index contributed by atoms with van der Waals surface area (Å²) in [5.41, 5.74) is 0.0903. The molecule has 0 radical (unpaired) electrons. The highest BCUT2D eigenvalue weighted by atomic mass is 32.2. The van der Waals surface area contributed by atoms with Crippen LogP contribution in [0.3, 0.4) is 0 Å². The van der Waals surface area contributed by atoms with Crippen LogP contribution in [-0.4, -0.2) is 31.9 Å². The quantitative estimate of drug-likeness (QED) is 0.812. The molecule has 1 atom stereocenters. The van der Waals surface area contributed by atoms with Crippen molar-refractivity contribution in [3.63, 3.8) is 0 Å². The van der Waals surface area contributed by atoms with E-state index >= 15 is 0 Å². The summed E-state index contributed by atoms with van der Waals surface area (Å²) >= 11 is 0. The third kappa shape index (κ3) is 4.14. The Morgan fingerprint density at radius 2 is 1.85 bits per heavy atom. The minimum atomic E-state index is -4.67. The van der Waals surface area contributed by atoms with Gasteiger partial charge in [0.05, 0.1) is 17.2 Å². The fourth-order valence-electron chi connectivity index (χ4n) is 1.90. The Balaban J connectivity index is 3.08. The molecule has 2 N–H and O–H groups in total. The van der Waals surface area contributed by atoms with Gasteiger partial charge in [-0.3, -0.25) is 0 Å². The molecule has 20 heavy (non-hydrogen) atoms. The minimum Gasteiger partial charge on any atom is -0.394 e. The summed E-state index contributed by atoms with van der Waals surface area (Å²) in [5, 5.41) is 12.1. The third-order valence-corrected chi connectivity index (χ3v) is 4.20. The monoisotopic (exact) mass is 307 g/mol. The zero-order chi connectivity index (χ0) is 15.3. The molecule has 0 fully saturated rings. The summed E-state index contributed by atoms with van der Waals surface area (Å²) in [5.74, 6) is -3.19. The predicted molar refractivity (Wildman–Crippen MR) is 73.6 cm³/mol. The van der Waals surface area contributed by atoms with Crippen molar-refractivity contribution in [1.29, 1.82) is 0 Å². The fraction of sp³-hybridized carbons (Fsp3) is 0.538. The number of sulfone groups is 1. The molecule has 0 bridgehead atoms. The number of nitrogens with one attached hydrogen (secondary N) is 1. The van der Waals surface area contributed by atoms with E-state index < -0.39 is 20.5 Å². The Morgan fingerprint density at radius 1 is 1.25 bits per heavy atom. The summed E-state index contributed by atoms with van der Waals surface area (Å²) in [7, 11) is -4.67. The van der Waals surface area contributed by atoms with E-state index in [-0.39, 0.29) is 24.3 Å². The topological polar surface area (TPSA) is 66.4 Å². The van der Waals surface area contributed by atoms with Gasteiger partial charge in [0.25, 0.3) is 0 Å². The molecule has 0 amide bonds. The SMILES string of the molecule is CC(C)CC(CO)Nc1ccccc1S(=O)(=O)C(F)F. The summed E-state index contributed by atoms with van der Waals surface area (Å²) in [4.78, 5) is -0.447. The zero-order valence-electron chi connectivity index (χ0n) is 11.4. The molecule has 1 aromatic carbocycles. The van der Waals surface area contributed by atoms with Crippen LogP contribution >= 0.6 is 0 Å². The molecule has 0 heterocycles. The van der Waals surface area contributed by atoms with Gasteiger partial charge in [-0.1, -0.05) is 26.0 Å². The van der Waals surface area contributed by atoms with Crippen LogP contribution in [0.1, 0.15) is 20.3 Å². The van der Waals surface area contributed by atoms with Crippen molar-refractivity contribution in [3.05, 3.63) is 24.3 Å². The first-order valence-corrected chi connectivity index (χ1v) is 7.82. The molecule has 0 aliphatic carbocycles. The van der Waals surface area contributed by atoms with Gasteiger partial charge >= 0.3 is 5.76 Å². The average Bonchev–Trinajstić information content (AvgIpc) is 2.37. The molecule has 0 aliphatic heterocycles. The maximum absolute atomic E-state index is 12.6. The van der Waals surface area contributed by atoms with Gasteiger partial charge < -0.3 is 10.4 Å². The largest absolute Gasteiger partial charge is 0.394 e. The molecule has 0 aliphatic rings. The van der Waals surface area contributed by atoms with E-state index in [0.717, 1.165) is 6.07 Å². The molecule has 1 aromatic rings. The normalized spacial score (nSPS) is 13.8. The number of anilines is 1. The van der Waals surface area contributed by atoms with Gasteiger partial charge in [0.2, 0.25) is 9.84 Å². The molecule has 1 unspecified atom stereocenters. The lowest BCUT2D eigenvalue weighted by molar-refractivity contribution is 0.234. The Kier molecular flexibility index (Phi) is 5.88. The highest BCUT2D eigenvalue weighted by molar-refractivity contribution is 7.91. The Hall–Kier alpha value is -1.21. The standard InChI is InChI=1S/C13H19F2NO3S/c1-9(2)7-10(8-17)16-11-5-3-4-6-12(11)20(18,19)13(14)15/h3-6,9-10,13,16-17H,7-8H2,1-2H3. The number of aliphatic hydroxyl groups is 1. The first-order chi connectivity index (χ1) is 9.28. The molecule has 0 aromatic heterocycles. The summed E-state index contributed by atoms with van der Waals surface area (Å²) < 4.78 is 48.5. The van der Waals surface area contributed by atoms with E-state index in [9.17, 15) is 22.3 Å². The smallest absolute Gasteiger partial charge is 0.341 e. The number of rotatable bonds is 7. The van der Waals surface area contributed by atoms with Crippen molar-refractivity contribution in [2.45, 2.75) is 37.0 Å². The number of benzene rings is 1. The van der Waals surface area contributed by atoms with E-state index in [1.807, 2.05) is 13.8 Å². The third-order valence-electron chi connectivity index (χ3n) is 2.76. The number of para-hydroxylation sites is 1. The van der Waals surface area contributed by atoms with Crippen LogP contribution in [-0.2, 0) is 9.84 Å². The van der Waals surface area contributed by atoms with Crippen LogP contribution in [0.15, 0.2) is 29.2 Å². The van der Waals surface area contributed by atoms with Gasteiger partial charge in [-0.15, -0.1) is 0 Å². The van der Waals surface area contributed by atoms with Crippen LogP contribution in [0, 0.1) is 5.92 Å². The first-order valence-electron chi connectivity index (χ1n) is 6.27. The van der Waals surface area contributed by atoms with Crippen molar-refractivity contribution in [1.82, 2.24) is 0 Å². The van der Waals surface area contributed by atoms with E-state index in [1.165, 1.54) is 12.1 Å². The van der Waals surface area contributed by atoms with Crippen molar-refractivity contribution in [3.8, 4) is 0 Å². The second kappa shape index (κ2) is 6.99. The highest BCUT2D eigenvalue weighted by Crippen LogP contribution is 2.27. The van der Waals surface area contributed by atoms with Crippen molar-refractivity contribution < 1.29 is 22.3 Å². The van der Waals surface area contributed by atoms with Gasteiger partial charge in [0.1, 0.15) is 0 Å². The second-order valence-corrected chi connectivity index (χ2v) is 6.84. The lowest BCUT2D eigenvalue weighted by Crippen LogP contribution is -2.27. The summed E-state index contributed by atoms with van der Waals surface area (Å²) in [6.07, 6.45) is 0.597. The number of hydrogen-bond donors (Lipinski definition) is 2. The predicted octanol–water partition coefficient (Wildman–Crippen LogP) is 2.50. The molecular formula is C13H19F2NO3S. The maximum atomic E-state index is 12.6. The van der Waals surface area contributed by atoms with E-state index in [1.54, 1.807) is 6.07 Å². The van der Waals surface area contributed by atoms with Crippen LogP contribution in [0.2, 0.25) is 0 Å². The van der Waals surface area contributed by atoms with Crippen molar-refractivity contribution in [2.75, 3.05) is 11.9 Å². The van der Waals surface area contributed by atoms with Gasteiger partial charge in [0.15, 0.2) is 0 Å². The maximum Gasteiger partial charge on any atom is 0.341 e. The van der Waals surface area contributed by atoms with Gasteiger partial charge in [-0.05, 0) is 24.5 Å². The van der Waals surface area contributed by atoms with Gasteiger partial charge in [-0.2, -0.15) is 8.78 Å². The minimum absolute atomic E-state index is 0.0903. The van der Waals surface area contributed by atoms with Crippen LogP contribution < -0.4 is 5.32 Å². The number of aliphatic hydroxyl groups excluding tert-OH is 1. The molecule has 0 saturated heterocycles. The molecule has 0 saturated carbocycles. The lowest BCUT2D eigenvalue weighted by atomic mass is 10.0. The lowest BCUT2D eigenvalue weighted by Gasteiger charge is -2.21. The van der Waals surface area contributed by atoms with E-state index in [2.05, 4.69) is 5.32 Å². The highest BCUT2D eigenvalue weighted by Gasteiger charge is 2.29. The van der Waals surface area contributed by atoms with Crippen molar-refractivity contribution >= 4 is 15.5 Å². The fourth-order valence-corrected chi connectivity index (χ4v) is 2.79. The second-order valence-electron chi connectivity index (χ2n) is 4.96. The van der Waals surface area contributed by atoms with Crippen LogP contribution in [0.5, 0.6) is 0 Å². The first kappa shape index (κ1) is 16.8. The Bertz CT molecular complexity index is 532. The Labute approximate surface area is 117 Å². The van der Waals surface area contributed by atoms with Gasteiger partial charge in [0, 0.05) is 6.04 Å². The van der Waals surface area contributed by atoms with Crippen LogP contribution in [0.4, 0.5) is 14.5 Å². The molecule has 7 heteroatoms. The molecule has 0 spiro atoms. The number of hydrogen-bond acceptors (Lipinski definition) is 4. The van der Waals surface area contributed by atoms with Crippen molar-refractivity contribution in [2.24, 2.45) is 5.92 Å². The number of halogens is 2. The molecular weight excluding hydrogens is 288 g/mol. The van der Waals surface area contributed by atoms with Crippen LogP contribution in [0.25, 0.3) is 0 Å². The Morgan fingerprint density at radius 3 is 2.35 bits per heavy atom. The summed E-state index contributed by atoms with van der Waals surface area (Å²) in [6.45, 7) is 3.69. The molecule has 4 nitrogen and oxygen atoms in total. The average molecular weight is 307 g/mol. The molecule has 114 valence electrons.